The predicted molar refractivity (Wildman–Crippen MR) is 104 cm³/mol. The zero-order valence-corrected chi connectivity index (χ0v) is 15.9. The Morgan fingerprint density at radius 3 is 2.43 bits per heavy atom. The predicted octanol–water partition coefficient (Wildman–Crippen LogP) is 3.46. The molecule has 148 valence electrons. The lowest BCUT2D eigenvalue weighted by Crippen LogP contribution is -2.10. The second-order valence-corrected chi connectivity index (χ2v) is 5.56. The summed E-state index contributed by atoms with van der Waals surface area (Å²) in [7, 11) is 2.95. The van der Waals surface area contributed by atoms with Crippen molar-refractivity contribution in [2.45, 2.75) is 6.92 Å². The maximum Gasteiger partial charge on any atom is 0.341 e. The molecule has 0 radical (unpaired) electrons. The highest BCUT2D eigenvalue weighted by molar-refractivity contribution is 6.07. The van der Waals surface area contributed by atoms with E-state index in [-0.39, 0.29) is 17.3 Å². The number of hydrogen-bond acceptors (Lipinski definition) is 6. The van der Waals surface area contributed by atoms with Gasteiger partial charge in [0.15, 0.2) is 35.4 Å². The number of allylic oxidation sites excluding steroid dienone is 1. The van der Waals surface area contributed by atoms with Crippen LogP contribution in [0.5, 0.6) is 23.0 Å². The largest absolute Gasteiger partial charge is 0.493 e. The van der Waals surface area contributed by atoms with Crippen LogP contribution in [0, 0.1) is 0 Å². The van der Waals surface area contributed by atoms with Crippen molar-refractivity contribution in [2.75, 3.05) is 27.4 Å². The van der Waals surface area contributed by atoms with E-state index in [0.717, 1.165) is 0 Å². The van der Waals surface area contributed by atoms with Gasteiger partial charge in [0.2, 0.25) is 0 Å². The van der Waals surface area contributed by atoms with Crippen LogP contribution in [0.4, 0.5) is 0 Å². The van der Waals surface area contributed by atoms with Gasteiger partial charge in [-0.05, 0) is 43.3 Å². The molecule has 0 spiro atoms. The van der Waals surface area contributed by atoms with Crippen molar-refractivity contribution in [3.63, 3.8) is 0 Å². The Morgan fingerprint density at radius 2 is 1.79 bits per heavy atom. The molecule has 0 bridgehead atoms. The van der Waals surface area contributed by atoms with E-state index in [0.29, 0.717) is 29.2 Å². The van der Waals surface area contributed by atoms with Crippen molar-refractivity contribution in [1.29, 1.82) is 0 Å². The molecule has 0 aromatic heterocycles. The van der Waals surface area contributed by atoms with E-state index in [9.17, 15) is 9.59 Å². The lowest BCUT2D eigenvalue weighted by molar-refractivity contribution is -0.139. The molecule has 2 aromatic carbocycles. The lowest BCUT2D eigenvalue weighted by atomic mass is 10.1. The van der Waals surface area contributed by atoms with E-state index < -0.39 is 12.6 Å². The quantitative estimate of drug-likeness (QED) is 0.494. The van der Waals surface area contributed by atoms with Crippen molar-refractivity contribution < 1.29 is 33.6 Å². The number of carbonyl (C=O) groups excluding carboxylic acids is 1. The van der Waals surface area contributed by atoms with Crippen LogP contribution in [0.25, 0.3) is 6.08 Å². The average Bonchev–Trinajstić information content (AvgIpc) is 2.70. The number of hydrogen-bond donors (Lipinski definition) is 1. The first-order chi connectivity index (χ1) is 13.5. The molecule has 1 N–H and O–H groups in total. The fourth-order valence-corrected chi connectivity index (χ4v) is 2.49. The summed E-state index contributed by atoms with van der Waals surface area (Å²) in [4.78, 5) is 23.2. The summed E-state index contributed by atoms with van der Waals surface area (Å²) in [5.74, 6) is 0.304. The van der Waals surface area contributed by atoms with Crippen LogP contribution >= 0.6 is 0 Å². The monoisotopic (exact) mass is 386 g/mol. The van der Waals surface area contributed by atoms with Gasteiger partial charge in [-0.25, -0.2) is 4.79 Å². The van der Waals surface area contributed by atoms with Crippen LogP contribution in [0.2, 0.25) is 0 Å². The number of carboxylic acid groups (broad SMARTS) is 1. The van der Waals surface area contributed by atoms with E-state index in [1.54, 1.807) is 18.2 Å². The van der Waals surface area contributed by atoms with Gasteiger partial charge < -0.3 is 24.1 Å². The Labute approximate surface area is 163 Å². The molecule has 2 aromatic rings. The summed E-state index contributed by atoms with van der Waals surface area (Å²) in [6, 6.07) is 9.96. The first-order valence-electron chi connectivity index (χ1n) is 8.55. The van der Waals surface area contributed by atoms with Crippen molar-refractivity contribution in [1.82, 2.24) is 0 Å². The third-order valence-electron chi connectivity index (χ3n) is 3.73. The molecule has 0 heterocycles. The highest BCUT2D eigenvalue weighted by Crippen LogP contribution is 2.32. The molecule has 0 saturated heterocycles. The maximum atomic E-state index is 12.5. The third kappa shape index (κ3) is 5.26. The maximum absolute atomic E-state index is 12.5. The second-order valence-electron chi connectivity index (χ2n) is 5.56. The van der Waals surface area contributed by atoms with Crippen LogP contribution < -0.4 is 18.9 Å². The second kappa shape index (κ2) is 10.0. The van der Waals surface area contributed by atoms with E-state index in [1.165, 1.54) is 32.4 Å². The number of carboxylic acids is 1. The molecule has 0 aliphatic heterocycles. The highest BCUT2D eigenvalue weighted by atomic mass is 16.5. The van der Waals surface area contributed by atoms with Crippen molar-refractivity contribution in [3.8, 4) is 23.0 Å². The Hall–Kier alpha value is -3.48. The molecule has 0 saturated carbocycles. The van der Waals surface area contributed by atoms with Gasteiger partial charge in [0.25, 0.3) is 0 Å². The Kier molecular flexibility index (Phi) is 7.45. The molecule has 2 rings (SSSR count). The smallest absolute Gasteiger partial charge is 0.341 e. The number of carbonyl (C=O) groups is 2. The number of ketones is 1. The third-order valence-corrected chi connectivity index (χ3v) is 3.73. The molecule has 7 heteroatoms. The van der Waals surface area contributed by atoms with Gasteiger partial charge in [-0.2, -0.15) is 0 Å². The van der Waals surface area contributed by atoms with E-state index in [1.807, 2.05) is 19.1 Å². The van der Waals surface area contributed by atoms with Gasteiger partial charge in [-0.3, -0.25) is 4.79 Å². The van der Waals surface area contributed by atoms with Crippen molar-refractivity contribution in [2.24, 2.45) is 0 Å². The summed E-state index contributed by atoms with van der Waals surface area (Å²) in [5.41, 5.74) is 1.07. The molecule has 0 fully saturated rings. The zero-order chi connectivity index (χ0) is 20.5. The molecular weight excluding hydrogens is 364 g/mol. The topological polar surface area (TPSA) is 91.3 Å². The Morgan fingerprint density at radius 1 is 1.00 bits per heavy atom. The van der Waals surface area contributed by atoms with Gasteiger partial charge in [0, 0.05) is 11.1 Å². The SMILES string of the molecule is CCOc1cccc(/C=C/C(=O)c2ccc(OCC(=O)O)c(OC)c2)c1OC. The van der Waals surface area contributed by atoms with Crippen LogP contribution in [-0.4, -0.2) is 44.3 Å². The first-order valence-corrected chi connectivity index (χ1v) is 8.55. The number of ether oxygens (including phenoxy) is 4. The minimum atomic E-state index is -1.10. The van der Waals surface area contributed by atoms with E-state index >= 15 is 0 Å². The van der Waals surface area contributed by atoms with Crippen molar-refractivity contribution in [3.05, 3.63) is 53.6 Å². The Balaban J connectivity index is 2.23. The minimum absolute atomic E-state index is 0.247. The Bertz CT molecular complexity index is 871. The molecule has 0 unspecified atom stereocenters. The lowest BCUT2D eigenvalue weighted by Gasteiger charge is -2.11. The van der Waals surface area contributed by atoms with E-state index in [4.69, 9.17) is 24.1 Å². The fourth-order valence-electron chi connectivity index (χ4n) is 2.49. The number of para-hydroxylation sites is 1. The van der Waals surface area contributed by atoms with Crippen LogP contribution in [0.15, 0.2) is 42.5 Å². The number of rotatable bonds is 10. The van der Waals surface area contributed by atoms with Gasteiger partial charge >= 0.3 is 5.97 Å². The summed E-state index contributed by atoms with van der Waals surface area (Å²) < 4.78 is 21.2. The van der Waals surface area contributed by atoms with E-state index in [2.05, 4.69) is 0 Å². The average molecular weight is 386 g/mol. The zero-order valence-electron chi connectivity index (χ0n) is 15.9. The van der Waals surface area contributed by atoms with Gasteiger partial charge in [0.05, 0.1) is 20.8 Å². The molecule has 0 atom stereocenters. The number of benzene rings is 2. The molecule has 7 nitrogen and oxygen atoms in total. The van der Waals surface area contributed by atoms with Crippen LogP contribution in [-0.2, 0) is 4.79 Å². The number of aliphatic carboxylic acids is 1. The summed E-state index contributed by atoms with van der Waals surface area (Å²) >= 11 is 0. The normalized spacial score (nSPS) is 10.5. The number of methoxy groups -OCH3 is 2. The van der Waals surface area contributed by atoms with Crippen molar-refractivity contribution >= 4 is 17.8 Å². The summed E-state index contributed by atoms with van der Waals surface area (Å²) in [5, 5.41) is 8.71. The highest BCUT2D eigenvalue weighted by Gasteiger charge is 2.12. The van der Waals surface area contributed by atoms with Crippen LogP contribution in [0.3, 0.4) is 0 Å². The standard InChI is InChI=1S/C21H22O7/c1-4-27-18-7-5-6-14(21(18)26-3)8-10-16(22)15-9-11-17(19(12-15)25-2)28-13-20(23)24/h5-12H,4,13H2,1-3H3,(H,23,24)/b10-8+. The summed E-state index contributed by atoms with van der Waals surface area (Å²) in [6.45, 7) is 1.88. The first kappa shape index (κ1) is 20.8. The van der Waals surface area contributed by atoms with Gasteiger partial charge in [-0.1, -0.05) is 12.1 Å². The van der Waals surface area contributed by atoms with Gasteiger partial charge in [0.1, 0.15) is 0 Å². The molecule has 0 amide bonds. The molecular formula is C21H22O7. The molecule has 0 aliphatic rings. The fraction of sp³-hybridized carbons (Fsp3) is 0.238. The van der Waals surface area contributed by atoms with Crippen LogP contribution in [0.1, 0.15) is 22.8 Å². The molecule has 0 aliphatic carbocycles. The molecule has 28 heavy (non-hydrogen) atoms. The van der Waals surface area contributed by atoms with Gasteiger partial charge in [-0.15, -0.1) is 0 Å². The summed E-state index contributed by atoms with van der Waals surface area (Å²) in [6.07, 6.45) is 3.06. The minimum Gasteiger partial charge on any atom is -0.493 e.